The monoisotopic (exact) mass is 196 g/mol. The second-order valence-electron chi connectivity index (χ2n) is 2.28. The summed E-state index contributed by atoms with van der Waals surface area (Å²) >= 11 is 4.05. The quantitative estimate of drug-likeness (QED) is 0.504. The lowest BCUT2D eigenvalue weighted by Gasteiger charge is -1.95. The molecule has 0 unspecified atom stereocenters. The van der Waals surface area contributed by atoms with E-state index in [0.717, 1.165) is 31.4 Å². The van der Waals surface area contributed by atoms with Gasteiger partial charge in [-0.3, -0.25) is 4.79 Å². The Bertz CT molecular complexity index is 96.4. The van der Waals surface area contributed by atoms with Gasteiger partial charge in [0.15, 0.2) is 0 Å². The molecule has 0 heterocycles. The molecule has 0 saturated heterocycles. The smallest absolute Gasteiger partial charge is 0.303 e. The van der Waals surface area contributed by atoms with Crippen molar-refractivity contribution in [2.45, 2.75) is 32.1 Å². The zero-order chi connectivity index (χ0) is 7.82. The van der Waals surface area contributed by atoms with Crippen molar-refractivity contribution < 1.29 is 9.90 Å². The van der Waals surface area contributed by atoms with E-state index in [0.29, 0.717) is 6.42 Å². The van der Waals surface area contributed by atoms with Crippen LogP contribution >= 0.6 is 26.1 Å². The van der Waals surface area contributed by atoms with Crippen molar-refractivity contribution >= 4 is 32.1 Å². The standard InChI is InChI=1S/C7H14O2S.H2S/c8-7(9)5-3-1-2-4-6-10;/h10H,1-6H2,(H,8,9);1H2. The van der Waals surface area contributed by atoms with Crippen LogP contribution in [0, 0.1) is 0 Å². The van der Waals surface area contributed by atoms with Crippen LogP contribution in [0.25, 0.3) is 0 Å². The molecule has 1 N–H and O–H groups in total. The van der Waals surface area contributed by atoms with Gasteiger partial charge >= 0.3 is 5.97 Å². The van der Waals surface area contributed by atoms with Crippen molar-refractivity contribution in [3.05, 3.63) is 0 Å². The number of unbranched alkanes of at least 4 members (excludes halogenated alkanes) is 3. The molecule has 4 heteroatoms. The van der Waals surface area contributed by atoms with Gasteiger partial charge in [-0.05, 0) is 18.6 Å². The first-order chi connectivity index (χ1) is 4.77. The van der Waals surface area contributed by atoms with Gasteiger partial charge in [-0.2, -0.15) is 26.1 Å². The van der Waals surface area contributed by atoms with E-state index in [9.17, 15) is 4.79 Å². The topological polar surface area (TPSA) is 37.3 Å². The molecule has 0 fully saturated rings. The summed E-state index contributed by atoms with van der Waals surface area (Å²) < 4.78 is 0. The van der Waals surface area contributed by atoms with Gasteiger partial charge in [-0.25, -0.2) is 0 Å². The second-order valence-corrected chi connectivity index (χ2v) is 2.73. The molecule has 0 aromatic carbocycles. The number of carboxylic acids is 1. The van der Waals surface area contributed by atoms with Gasteiger partial charge in [0.1, 0.15) is 0 Å². The molecule has 0 amide bonds. The Morgan fingerprint density at radius 1 is 1.18 bits per heavy atom. The van der Waals surface area contributed by atoms with E-state index in [1.165, 1.54) is 0 Å². The van der Waals surface area contributed by atoms with E-state index in [4.69, 9.17) is 5.11 Å². The predicted octanol–water partition coefficient (Wildman–Crippen LogP) is 2.06. The number of hydrogen-bond donors (Lipinski definition) is 2. The highest BCUT2D eigenvalue weighted by molar-refractivity contribution is 7.80. The van der Waals surface area contributed by atoms with Gasteiger partial charge in [0.05, 0.1) is 0 Å². The van der Waals surface area contributed by atoms with E-state index in [1.807, 2.05) is 0 Å². The first-order valence-electron chi connectivity index (χ1n) is 3.60. The van der Waals surface area contributed by atoms with Gasteiger partial charge in [-0.1, -0.05) is 12.8 Å². The fourth-order valence-electron chi connectivity index (χ4n) is 0.742. The van der Waals surface area contributed by atoms with Crippen LogP contribution in [0.15, 0.2) is 0 Å². The summed E-state index contributed by atoms with van der Waals surface area (Å²) in [6.45, 7) is 0. The average molecular weight is 196 g/mol. The van der Waals surface area contributed by atoms with Crippen molar-refractivity contribution in [2.24, 2.45) is 0 Å². The van der Waals surface area contributed by atoms with Crippen LogP contribution in [0.5, 0.6) is 0 Å². The number of thiol groups is 1. The van der Waals surface area contributed by atoms with E-state index < -0.39 is 5.97 Å². The fourth-order valence-corrected chi connectivity index (χ4v) is 0.965. The van der Waals surface area contributed by atoms with Crippen LogP contribution in [-0.2, 0) is 4.79 Å². The molecular formula is C7H16O2S2. The lowest BCUT2D eigenvalue weighted by atomic mass is 10.2. The highest BCUT2D eigenvalue weighted by atomic mass is 32.1. The molecule has 68 valence electrons. The molecule has 0 radical (unpaired) electrons. The Hall–Kier alpha value is 0.170. The summed E-state index contributed by atoms with van der Waals surface area (Å²) in [5.41, 5.74) is 0. The molecule has 2 nitrogen and oxygen atoms in total. The Morgan fingerprint density at radius 3 is 2.18 bits per heavy atom. The predicted molar refractivity (Wildman–Crippen MR) is 55.0 cm³/mol. The summed E-state index contributed by atoms with van der Waals surface area (Å²) in [6, 6.07) is 0. The molecule has 0 bridgehead atoms. The summed E-state index contributed by atoms with van der Waals surface area (Å²) in [5, 5.41) is 8.25. The van der Waals surface area contributed by atoms with Crippen molar-refractivity contribution in [3.63, 3.8) is 0 Å². The molecule has 0 aliphatic carbocycles. The number of carbonyl (C=O) groups is 1. The van der Waals surface area contributed by atoms with E-state index in [1.54, 1.807) is 0 Å². The molecule has 0 aliphatic rings. The van der Waals surface area contributed by atoms with Crippen LogP contribution in [0.2, 0.25) is 0 Å². The van der Waals surface area contributed by atoms with Gasteiger partial charge in [0, 0.05) is 6.42 Å². The van der Waals surface area contributed by atoms with Crippen LogP contribution in [-0.4, -0.2) is 16.8 Å². The number of rotatable bonds is 6. The summed E-state index contributed by atoms with van der Waals surface area (Å²) in [6.07, 6.45) is 4.35. The van der Waals surface area contributed by atoms with Gasteiger partial charge in [0.25, 0.3) is 0 Å². The zero-order valence-electron chi connectivity index (χ0n) is 6.55. The maximum atomic E-state index is 10.0. The highest BCUT2D eigenvalue weighted by Crippen LogP contribution is 2.03. The average Bonchev–Trinajstić information content (AvgIpc) is 1.87. The van der Waals surface area contributed by atoms with Crippen LogP contribution in [0.3, 0.4) is 0 Å². The summed E-state index contributed by atoms with van der Waals surface area (Å²) in [7, 11) is 0. The lowest BCUT2D eigenvalue weighted by molar-refractivity contribution is -0.137. The number of hydrogen-bond acceptors (Lipinski definition) is 2. The van der Waals surface area contributed by atoms with E-state index in [2.05, 4.69) is 12.6 Å². The summed E-state index contributed by atoms with van der Waals surface area (Å²) in [5.74, 6) is 0.221. The molecule has 0 aromatic rings. The molecule has 0 aliphatic heterocycles. The first-order valence-corrected chi connectivity index (χ1v) is 4.23. The minimum absolute atomic E-state index is 0. The normalized spacial score (nSPS) is 8.82. The van der Waals surface area contributed by atoms with E-state index in [-0.39, 0.29) is 13.5 Å². The third-order valence-electron chi connectivity index (χ3n) is 1.30. The van der Waals surface area contributed by atoms with Crippen LogP contribution < -0.4 is 0 Å². The van der Waals surface area contributed by atoms with Crippen LogP contribution in [0.1, 0.15) is 32.1 Å². The largest absolute Gasteiger partial charge is 0.481 e. The zero-order valence-corrected chi connectivity index (χ0v) is 8.44. The van der Waals surface area contributed by atoms with Gasteiger partial charge < -0.3 is 5.11 Å². The Balaban J connectivity index is 0. The van der Waals surface area contributed by atoms with Crippen LogP contribution in [0.4, 0.5) is 0 Å². The SMILES string of the molecule is O=C(O)CCCCCCS.S. The Morgan fingerprint density at radius 2 is 1.73 bits per heavy atom. The maximum absolute atomic E-state index is 10.0. The minimum Gasteiger partial charge on any atom is -0.481 e. The minimum atomic E-state index is -0.689. The van der Waals surface area contributed by atoms with Crippen molar-refractivity contribution in [2.75, 3.05) is 5.75 Å². The molecular weight excluding hydrogens is 180 g/mol. The lowest BCUT2D eigenvalue weighted by Crippen LogP contribution is -1.93. The molecule has 11 heavy (non-hydrogen) atoms. The van der Waals surface area contributed by atoms with Gasteiger partial charge in [0.2, 0.25) is 0 Å². The number of aliphatic carboxylic acids is 1. The van der Waals surface area contributed by atoms with Gasteiger partial charge in [-0.15, -0.1) is 0 Å². The first kappa shape index (κ1) is 13.7. The van der Waals surface area contributed by atoms with Crippen molar-refractivity contribution in [3.8, 4) is 0 Å². The molecule has 0 aromatic heterocycles. The highest BCUT2D eigenvalue weighted by Gasteiger charge is 1.94. The third kappa shape index (κ3) is 13.2. The molecule has 0 rings (SSSR count). The Kier molecular flexibility index (Phi) is 12.7. The Labute approximate surface area is 80.2 Å². The molecule has 0 atom stereocenters. The number of carboxylic acid groups (broad SMARTS) is 1. The summed E-state index contributed by atoms with van der Waals surface area (Å²) in [4.78, 5) is 10.0. The maximum Gasteiger partial charge on any atom is 0.303 e. The second kappa shape index (κ2) is 10.2. The van der Waals surface area contributed by atoms with Crippen molar-refractivity contribution in [1.82, 2.24) is 0 Å². The van der Waals surface area contributed by atoms with Crippen molar-refractivity contribution in [1.29, 1.82) is 0 Å². The van der Waals surface area contributed by atoms with E-state index >= 15 is 0 Å². The third-order valence-corrected chi connectivity index (χ3v) is 1.61. The fraction of sp³-hybridized carbons (Fsp3) is 0.857. The molecule has 0 spiro atoms. The molecule has 0 saturated carbocycles.